The molecule has 0 N–H and O–H groups in total. The van der Waals surface area contributed by atoms with E-state index in [-0.39, 0.29) is 11.8 Å². The number of ether oxygens (including phenoxy) is 1. The first-order valence-electron chi connectivity index (χ1n) is 9.69. The summed E-state index contributed by atoms with van der Waals surface area (Å²) in [5.41, 5.74) is 2.32. The SMILES string of the molecule is COC(=O)c1ccc2c(c1)nc(Sc1ccc(F)cc1)n2C1CCCCCC1. The van der Waals surface area contributed by atoms with Gasteiger partial charge in [0, 0.05) is 10.9 Å². The maximum Gasteiger partial charge on any atom is 0.337 e. The quantitative estimate of drug-likeness (QED) is 0.399. The molecule has 1 fully saturated rings. The molecule has 6 heteroatoms. The van der Waals surface area contributed by atoms with Crippen LogP contribution in [0.3, 0.4) is 0 Å². The van der Waals surface area contributed by atoms with E-state index in [1.54, 1.807) is 24.3 Å². The molecule has 0 spiro atoms. The average Bonchev–Trinajstić information content (AvgIpc) is 2.87. The van der Waals surface area contributed by atoms with E-state index < -0.39 is 0 Å². The van der Waals surface area contributed by atoms with E-state index in [0.29, 0.717) is 11.6 Å². The third-order valence-electron chi connectivity index (χ3n) is 5.29. The maximum atomic E-state index is 13.3. The summed E-state index contributed by atoms with van der Waals surface area (Å²) in [6.07, 6.45) is 7.23. The number of aromatic nitrogens is 2. The van der Waals surface area contributed by atoms with Gasteiger partial charge >= 0.3 is 5.97 Å². The zero-order chi connectivity index (χ0) is 19.5. The summed E-state index contributed by atoms with van der Waals surface area (Å²) < 4.78 is 20.5. The van der Waals surface area contributed by atoms with Crippen LogP contribution in [0.2, 0.25) is 0 Å². The topological polar surface area (TPSA) is 44.1 Å². The Morgan fingerprint density at radius 3 is 2.50 bits per heavy atom. The molecule has 3 aromatic rings. The van der Waals surface area contributed by atoms with Crippen LogP contribution in [0.15, 0.2) is 52.5 Å². The van der Waals surface area contributed by atoms with Crippen LogP contribution in [0.1, 0.15) is 54.9 Å². The molecule has 4 nitrogen and oxygen atoms in total. The Bertz CT molecular complexity index is 976. The molecule has 0 atom stereocenters. The molecule has 28 heavy (non-hydrogen) atoms. The normalized spacial score (nSPS) is 15.5. The predicted octanol–water partition coefficient (Wildman–Crippen LogP) is 6.01. The van der Waals surface area contributed by atoms with Crippen LogP contribution >= 0.6 is 11.8 Å². The van der Waals surface area contributed by atoms with Crippen LogP contribution in [0, 0.1) is 5.82 Å². The summed E-state index contributed by atoms with van der Waals surface area (Å²) >= 11 is 1.54. The number of benzene rings is 2. The Morgan fingerprint density at radius 1 is 1.11 bits per heavy atom. The highest BCUT2D eigenvalue weighted by atomic mass is 32.2. The summed E-state index contributed by atoms with van der Waals surface area (Å²) in [5.74, 6) is -0.608. The minimum absolute atomic E-state index is 0.246. The first-order chi connectivity index (χ1) is 13.7. The molecule has 1 saturated carbocycles. The van der Waals surface area contributed by atoms with Gasteiger partial charge in [-0.25, -0.2) is 14.2 Å². The van der Waals surface area contributed by atoms with Gasteiger partial charge in [-0.05, 0) is 55.3 Å². The first kappa shape index (κ1) is 19.0. The van der Waals surface area contributed by atoms with Gasteiger partial charge in [0.15, 0.2) is 5.16 Å². The molecule has 0 bridgehead atoms. The molecule has 1 aliphatic rings. The van der Waals surface area contributed by atoms with Crippen LogP contribution in [0.4, 0.5) is 4.39 Å². The van der Waals surface area contributed by atoms with Gasteiger partial charge in [-0.1, -0.05) is 37.4 Å². The number of carbonyl (C=O) groups excluding carboxylic acids is 1. The maximum absolute atomic E-state index is 13.3. The van der Waals surface area contributed by atoms with E-state index in [1.807, 2.05) is 6.07 Å². The molecule has 0 unspecified atom stereocenters. The molecule has 0 amide bonds. The van der Waals surface area contributed by atoms with Crippen molar-refractivity contribution >= 4 is 28.8 Å². The molecular weight excluding hydrogens is 375 g/mol. The summed E-state index contributed by atoms with van der Waals surface area (Å²) in [5, 5.41) is 0.885. The van der Waals surface area contributed by atoms with Crippen molar-refractivity contribution in [1.82, 2.24) is 9.55 Å². The molecule has 1 heterocycles. The van der Waals surface area contributed by atoms with Crippen molar-refractivity contribution in [3.63, 3.8) is 0 Å². The van der Waals surface area contributed by atoms with Crippen molar-refractivity contribution in [1.29, 1.82) is 0 Å². The minimum atomic E-state index is -0.362. The molecule has 2 aromatic carbocycles. The number of fused-ring (bicyclic) bond motifs is 1. The highest BCUT2D eigenvalue weighted by Crippen LogP contribution is 2.37. The van der Waals surface area contributed by atoms with Crippen molar-refractivity contribution in [2.24, 2.45) is 0 Å². The van der Waals surface area contributed by atoms with Gasteiger partial charge in [-0.15, -0.1) is 0 Å². The van der Waals surface area contributed by atoms with Gasteiger partial charge in [0.1, 0.15) is 5.82 Å². The van der Waals surface area contributed by atoms with E-state index in [2.05, 4.69) is 4.57 Å². The number of hydrogen-bond acceptors (Lipinski definition) is 4. The zero-order valence-electron chi connectivity index (χ0n) is 15.9. The minimum Gasteiger partial charge on any atom is -0.465 e. The highest BCUT2D eigenvalue weighted by molar-refractivity contribution is 7.99. The standard InChI is InChI=1S/C22H23FN2O2S/c1-27-21(26)15-8-13-20-19(14-15)24-22(28-18-11-9-16(23)10-12-18)25(20)17-6-4-2-3-5-7-17/h8-14,17H,2-7H2,1H3. The molecule has 0 radical (unpaired) electrons. The monoisotopic (exact) mass is 398 g/mol. The summed E-state index contributed by atoms with van der Waals surface area (Å²) in [7, 11) is 1.38. The van der Waals surface area contributed by atoms with Gasteiger partial charge in [0.25, 0.3) is 0 Å². The van der Waals surface area contributed by atoms with E-state index in [1.165, 1.54) is 56.7 Å². The van der Waals surface area contributed by atoms with Crippen LogP contribution in [0.5, 0.6) is 0 Å². The highest BCUT2D eigenvalue weighted by Gasteiger charge is 2.22. The van der Waals surface area contributed by atoms with E-state index >= 15 is 0 Å². The lowest BCUT2D eigenvalue weighted by Crippen LogP contribution is -2.09. The summed E-state index contributed by atoms with van der Waals surface area (Å²) in [6.45, 7) is 0. The number of rotatable bonds is 4. The smallest absolute Gasteiger partial charge is 0.337 e. The average molecular weight is 399 g/mol. The Kier molecular flexibility index (Phi) is 5.67. The third-order valence-corrected chi connectivity index (χ3v) is 6.27. The fourth-order valence-corrected chi connectivity index (χ4v) is 4.84. The summed E-state index contributed by atoms with van der Waals surface area (Å²) in [4.78, 5) is 17.7. The third kappa shape index (κ3) is 3.92. The Balaban J connectivity index is 1.79. The largest absolute Gasteiger partial charge is 0.465 e. The second-order valence-electron chi connectivity index (χ2n) is 7.16. The molecular formula is C22H23FN2O2S. The van der Waals surface area contributed by atoms with Crippen molar-refractivity contribution in [2.75, 3.05) is 7.11 Å². The molecule has 0 aliphatic heterocycles. The van der Waals surface area contributed by atoms with Gasteiger partial charge in [-0.3, -0.25) is 0 Å². The fraction of sp³-hybridized carbons (Fsp3) is 0.364. The van der Waals surface area contributed by atoms with Crippen molar-refractivity contribution in [2.45, 2.75) is 54.6 Å². The Labute approximate surface area is 168 Å². The molecule has 4 rings (SSSR count). The number of methoxy groups -OCH3 is 1. The van der Waals surface area contributed by atoms with E-state index in [4.69, 9.17) is 9.72 Å². The van der Waals surface area contributed by atoms with Crippen molar-refractivity contribution in [3.05, 3.63) is 53.8 Å². The molecule has 1 aliphatic carbocycles. The number of imidazole rings is 1. The fourth-order valence-electron chi connectivity index (χ4n) is 3.87. The van der Waals surface area contributed by atoms with Crippen LogP contribution in [-0.4, -0.2) is 22.6 Å². The summed E-state index contributed by atoms with van der Waals surface area (Å²) in [6, 6.07) is 12.4. The second-order valence-corrected chi connectivity index (χ2v) is 8.20. The van der Waals surface area contributed by atoms with Crippen LogP contribution < -0.4 is 0 Å². The predicted molar refractivity (Wildman–Crippen MR) is 108 cm³/mol. The Morgan fingerprint density at radius 2 is 1.82 bits per heavy atom. The first-order valence-corrected chi connectivity index (χ1v) is 10.5. The van der Waals surface area contributed by atoms with E-state index in [0.717, 1.165) is 33.9 Å². The second kappa shape index (κ2) is 8.35. The Hall–Kier alpha value is -2.34. The lowest BCUT2D eigenvalue weighted by atomic mass is 10.1. The van der Waals surface area contributed by atoms with Crippen LogP contribution in [0.25, 0.3) is 11.0 Å². The van der Waals surface area contributed by atoms with Crippen LogP contribution in [-0.2, 0) is 4.74 Å². The lowest BCUT2D eigenvalue weighted by molar-refractivity contribution is 0.0601. The number of halogens is 1. The number of hydrogen-bond donors (Lipinski definition) is 0. The van der Waals surface area contributed by atoms with Crippen molar-refractivity contribution < 1.29 is 13.9 Å². The zero-order valence-corrected chi connectivity index (χ0v) is 16.7. The molecule has 146 valence electrons. The number of carbonyl (C=O) groups is 1. The number of esters is 1. The molecule has 0 saturated heterocycles. The van der Waals surface area contributed by atoms with Gasteiger partial charge in [-0.2, -0.15) is 0 Å². The molecule has 1 aromatic heterocycles. The number of nitrogens with zero attached hydrogens (tertiary/aromatic N) is 2. The van der Waals surface area contributed by atoms with E-state index in [9.17, 15) is 9.18 Å². The van der Waals surface area contributed by atoms with Crippen molar-refractivity contribution in [3.8, 4) is 0 Å². The van der Waals surface area contributed by atoms with Gasteiger partial charge in [0.05, 0.1) is 23.7 Å². The lowest BCUT2D eigenvalue weighted by Gasteiger charge is -2.20. The van der Waals surface area contributed by atoms with Gasteiger partial charge < -0.3 is 9.30 Å². The van der Waals surface area contributed by atoms with Gasteiger partial charge in [0.2, 0.25) is 0 Å².